The summed E-state index contributed by atoms with van der Waals surface area (Å²) in [4.78, 5) is 57.7. The molecule has 10 nitrogen and oxygen atoms in total. The molecule has 2 fully saturated rings. The summed E-state index contributed by atoms with van der Waals surface area (Å²) in [7, 11) is 0. The predicted octanol–water partition coefficient (Wildman–Crippen LogP) is 2.24. The number of aliphatic hydroxyl groups is 1. The highest BCUT2D eigenvalue weighted by Gasteiger charge is 2.72. The highest BCUT2D eigenvalue weighted by atomic mass is 35.5. The fourth-order valence-electron chi connectivity index (χ4n) is 6.47. The quantitative estimate of drug-likeness (QED) is 0.410. The van der Waals surface area contributed by atoms with Gasteiger partial charge in [-0.25, -0.2) is 0 Å². The number of para-hydroxylation sites is 1. The summed E-state index contributed by atoms with van der Waals surface area (Å²) in [5.41, 5.74) is -1.01. The number of anilines is 1. The maximum atomic E-state index is 14.5. The first-order valence-corrected chi connectivity index (χ1v) is 14.5. The summed E-state index contributed by atoms with van der Waals surface area (Å²) in [6.45, 7) is 5.33. The van der Waals surface area contributed by atoms with Crippen LogP contribution >= 0.6 is 11.6 Å². The predicted molar refractivity (Wildman–Crippen MR) is 151 cm³/mol. The number of amides is 3. The Balaban J connectivity index is 1.64. The number of nitrogens with one attached hydrogen (secondary N) is 1. The average molecular weight is 586 g/mol. The van der Waals surface area contributed by atoms with E-state index in [-0.39, 0.29) is 37.9 Å². The lowest BCUT2D eigenvalue weighted by molar-refractivity contribution is -0.159. The van der Waals surface area contributed by atoms with Crippen LogP contribution in [0.3, 0.4) is 0 Å². The van der Waals surface area contributed by atoms with E-state index >= 15 is 0 Å². The van der Waals surface area contributed by atoms with Crippen LogP contribution in [0.2, 0.25) is 5.02 Å². The molecule has 41 heavy (non-hydrogen) atoms. The van der Waals surface area contributed by atoms with Gasteiger partial charge in [0.15, 0.2) is 0 Å². The first kappa shape index (κ1) is 29.3. The minimum atomic E-state index is -1.50. The third-order valence-electron chi connectivity index (χ3n) is 8.43. The summed E-state index contributed by atoms with van der Waals surface area (Å²) in [6.07, 6.45) is 6.09. The van der Waals surface area contributed by atoms with Gasteiger partial charge in [0.25, 0.3) is 5.91 Å². The number of hydrogen-bond donors (Lipinski definition) is 2. The van der Waals surface area contributed by atoms with Gasteiger partial charge >= 0.3 is 5.97 Å². The van der Waals surface area contributed by atoms with E-state index in [2.05, 4.69) is 5.32 Å². The first-order valence-electron chi connectivity index (χ1n) is 14.1. The van der Waals surface area contributed by atoms with Crippen molar-refractivity contribution in [2.75, 3.05) is 24.6 Å². The number of carbonyl (C=O) groups excluding carboxylic acids is 4. The van der Waals surface area contributed by atoms with Crippen molar-refractivity contribution in [3.8, 4) is 0 Å². The van der Waals surface area contributed by atoms with Gasteiger partial charge in [-0.05, 0) is 31.4 Å². The van der Waals surface area contributed by atoms with Gasteiger partial charge in [-0.15, -0.1) is 0 Å². The Morgan fingerprint density at radius 2 is 1.90 bits per heavy atom. The molecule has 0 unspecified atom stereocenters. The molecule has 0 saturated carbocycles. The molecule has 1 aromatic rings. The van der Waals surface area contributed by atoms with Gasteiger partial charge in [0, 0.05) is 13.0 Å². The van der Waals surface area contributed by atoms with Crippen LogP contribution in [-0.4, -0.2) is 83.3 Å². The number of cyclic esters (lactones) is 1. The number of rotatable bonds is 4. The van der Waals surface area contributed by atoms with E-state index in [4.69, 9.17) is 21.1 Å². The molecule has 4 aliphatic rings. The molecule has 7 atom stereocenters. The van der Waals surface area contributed by atoms with Crippen LogP contribution < -0.4 is 10.2 Å². The number of fused-ring (bicyclic) bond motifs is 2. The third kappa shape index (κ3) is 5.06. The second kappa shape index (κ2) is 11.6. The van der Waals surface area contributed by atoms with E-state index in [1.54, 1.807) is 55.5 Å². The molecule has 4 aliphatic heterocycles. The molecule has 1 spiro atoms. The van der Waals surface area contributed by atoms with Gasteiger partial charge in [-0.3, -0.25) is 19.2 Å². The van der Waals surface area contributed by atoms with Crippen molar-refractivity contribution in [3.63, 3.8) is 0 Å². The number of aliphatic hydroxyl groups excluding tert-OH is 1. The number of carbonyl (C=O) groups is 4. The molecule has 0 bridgehead atoms. The molecule has 0 aliphatic carbocycles. The number of halogens is 1. The van der Waals surface area contributed by atoms with Crippen molar-refractivity contribution in [3.05, 3.63) is 53.6 Å². The van der Waals surface area contributed by atoms with Gasteiger partial charge in [0.1, 0.15) is 23.7 Å². The molecule has 4 heterocycles. The molecule has 2 N–H and O–H groups in total. The van der Waals surface area contributed by atoms with Gasteiger partial charge < -0.3 is 29.7 Å². The van der Waals surface area contributed by atoms with Crippen molar-refractivity contribution < 1.29 is 33.8 Å². The standard InChI is InChI=1S/C30H36ClN3O7/c1-17(2)21(16-35)34-26-28(38)33(20-10-5-4-9-19(20)31)14-8-13-30(26)25(27(34)37)24-22(41-30)11-6-7-12-23(36)32-15-18(3)40-29(24)39/h4-6,8-11,13,17-18,21-22,24-26,35H,7,12,14-16H2,1-3H3,(H,32,36)/b11-6-/t18-,21-,22-,24+,25+,26-,30+/m0/s1. The summed E-state index contributed by atoms with van der Waals surface area (Å²) in [6, 6.07) is 5.09. The molecule has 11 heteroatoms. The fourth-order valence-corrected chi connectivity index (χ4v) is 6.70. The molecular formula is C30H36ClN3O7. The lowest BCUT2D eigenvalue weighted by Gasteiger charge is -2.40. The Hall–Kier alpha value is -3.21. The third-order valence-corrected chi connectivity index (χ3v) is 8.75. The Kier molecular flexibility index (Phi) is 8.27. The largest absolute Gasteiger partial charge is 0.460 e. The number of nitrogens with zero attached hydrogens (tertiary/aromatic N) is 2. The Bertz CT molecular complexity index is 1280. The second-order valence-electron chi connectivity index (χ2n) is 11.4. The first-order chi connectivity index (χ1) is 19.6. The van der Waals surface area contributed by atoms with E-state index in [0.29, 0.717) is 17.1 Å². The zero-order valence-electron chi connectivity index (χ0n) is 23.4. The average Bonchev–Trinajstić information content (AvgIpc) is 3.31. The maximum absolute atomic E-state index is 14.5. The number of ether oxygens (including phenoxy) is 2. The van der Waals surface area contributed by atoms with Crippen LogP contribution in [0, 0.1) is 17.8 Å². The molecule has 0 aromatic heterocycles. The van der Waals surface area contributed by atoms with Crippen LogP contribution in [0.4, 0.5) is 5.69 Å². The molecule has 220 valence electrons. The van der Waals surface area contributed by atoms with Crippen molar-refractivity contribution in [2.45, 2.75) is 63.5 Å². The molecule has 2 saturated heterocycles. The SMILES string of the molecule is CC(C)[C@H](CO)N1C(=O)[C@H]2[C@@H]3C(=O)O[C@@H](C)CNC(=O)CC/C=C\[C@@H]3O[C@]23C=CCN(c2ccccc2Cl)C(=O)[C@H]13. The highest BCUT2D eigenvalue weighted by molar-refractivity contribution is 6.34. The van der Waals surface area contributed by atoms with Gasteiger partial charge in [0.2, 0.25) is 11.8 Å². The van der Waals surface area contributed by atoms with Crippen LogP contribution in [0.15, 0.2) is 48.6 Å². The van der Waals surface area contributed by atoms with Crippen molar-refractivity contribution in [1.82, 2.24) is 10.2 Å². The Labute approximate surface area is 244 Å². The fraction of sp³-hybridized carbons (Fsp3) is 0.533. The number of likely N-dealkylation sites (tertiary alicyclic amines) is 1. The zero-order chi connectivity index (χ0) is 29.5. The van der Waals surface area contributed by atoms with Crippen LogP contribution in [-0.2, 0) is 28.7 Å². The molecule has 3 amide bonds. The highest BCUT2D eigenvalue weighted by Crippen LogP contribution is 2.54. The smallest absolute Gasteiger partial charge is 0.313 e. The van der Waals surface area contributed by atoms with Crippen LogP contribution in [0.1, 0.15) is 33.6 Å². The van der Waals surface area contributed by atoms with E-state index in [1.165, 1.54) is 9.80 Å². The monoisotopic (exact) mass is 585 g/mol. The van der Waals surface area contributed by atoms with Gasteiger partial charge in [-0.2, -0.15) is 0 Å². The molecule has 5 rings (SSSR count). The van der Waals surface area contributed by atoms with Crippen LogP contribution in [0.5, 0.6) is 0 Å². The summed E-state index contributed by atoms with van der Waals surface area (Å²) < 4.78 is 12.4. The number of allylic oxidation sites excluding steroid dienone is 1. The summed E-state index contributed by atoms with van der Waals surface area (Å²) >= 11 is 6.50. The lowest BCUT2D eigenvalue weighted by Crippen LogP contribution is -2.59. The lowest BCUT2D eigenvalue weighted by atomic mass is 9.78. The molecular weight excluding hydrogens is 550 g/mol. The van der Waals surface area contributed by atoms with Crippen LogP contribution in [0.25, 0.3) is 0 Å². The summed E-state index contributed by atoms with van der Waals surface area (Å²) in [5, 5.41) is 13.5. The number of hydrogen-bond acceptors (Lipinski definition) is 7. The van der Waals surface area contributed by atoms with E-state index < -0.39 is 59.5 Å². The van der Waals surface area contributed by atoms with E-state index in [1.807, 2.05) is 13.8 Å². The molecule has 0 radical (unpaired) electrons. The van der Waals surface area contributed by atoms with Gasteiger partial charge in [-0.1, -0.05) is 61.9 Å². The minimum absolute atomic E-state index is 0.135. The maximum Gasteiger partial charge on any atom is 0.313 e. The Morgan fingerprint density at radius 1 is 1.15 bits per heavy atom. The molecule has 1 aromatic carbocycles. The number of benzene rings is 1. The van der Waals surface area contributed by atoms with E-state index in [9.17, 15) is 24.3 Å². The second-order valence-corrected chi connectivity index (χ2v) is 11.8. The topological polar surface area (TPSA) is 125 Å². The normalized spacial score (nSPS) is 33.7. The summed E-state index contributed by atoms with van der Waals surface area (Å²) in [5.74, 6) is -3.99. The van der Waals surface area contributed by atoms with Gasteiger partial charge in [0.05, 0.1) is 41.9 Å². The van der Waals surface area contributed by atoms with Crippen molar-refractivity contribution in [1.29, 1.82) is 0 Å². The zero-order valence-corrected chi connectivity index (χ0v) is 24.1. The van der Waals surface area contributed by atoms with Crippen molar-refractivity contribution >= 4 is 41.0 Å². The number of esters is 1. The Morgan fingerprint density at radius 3 is 2.61 bits per heavy atom. The van der Waals surface area contributed by atoms with Crippen molar-refractivity contribution in [2.24, 2.45) is 17.8 Å². The van der Waals surface area contributed by atoms with E-state index in [0.717, 1.165) is 0 Å². The minimum Gasteiger partial charge on any atom is -0.460 e.